The second-order valence-electron chi connectivity index (χ2n) is 5.04. The zero-order chi connectivity index (χ0) is 17.8. The van der Waals surface area contributed by atoms with E-state index in [4.69, 9.17) is 25.6 Å². The molecule has 2 aromatic carbocycles. The molecule has 0 aliphatic rings. The van der Waals surface area contributed by atoms with Crippen LogP contribution in [0.5, 0.6) is 11.5 Å². The Bertz CT molecular complexity index is 907. The van der Waals surface area contributed by atoms with Gasteiger partial charge in [-0.05, 0) is 48.0 Å². The van der Waals surface area contributed by atoms with Crippen LogP contribution in [-0.4, -0.2) is 24.4 Å². The fourth-order valence-electron chi connectivity index (χ4n) is 2.16. The van der Waals surface area contributed by atoms with Crippen LogP contribution in [0.3, 0.4) is 0 Å². The van der Waals surface area contributed by atoms with Gasteiger partial charge in [-0.1, -0.05) is 22.8 Å². The fraction of sp³-hybridized carbons (Fsp3) is 0.111. The van der Waals surface area contributed by atoms with Gasteiger partial charge in [0.2, 0.25) is 5.82 Å². The molecule has 0 radical (unpaired) electrons. The molecular formula is C18H14ClFN2O3. The van der Waals surface area contributed by atoms with Crippen molar-refractivity contribution < 1.29 is 18.4 Å². The predicted molar refractivity (Wildman–Crippen MR) is 93.0 cm³/mol. The van der Waals surface area contributed by atoms with Gasteiger partial charge in [0, 0.05) is 5.56 Å². The lowest BCUT2D eigenvalue weighted by molar-refractivity contribution is 0.386. The highest BCUT2D eigenvalue weighted by molar-refractivity contribution is 6.50. The van der Waals surface area contributed by atoms with Gasteiger partial charge in [-0.3, -0.25) is 0 Å². The fourth-order valence-corrected chi connectivity index (χ4v) is 2.36. The maximum absolute atomic E-state index is 13.7. The Balaban J connectivity index is 1.84. The molecule has 0 unspecified atom stereocenters. The van der Waals surface area contributed by atoms with E-state index in [1.165, 1.54) is 25.3 Å². The molecule has 0 saturated carbocycles. The van der Waals surface area contributed by atoms with Gasteiger partial charge in [0.1, 0.15) is 10.8 Å². The second kappa shape index (κ2) is 7.36. The van der Waals surface area contributed by atoms with Gasteiger partial charge in [-0.15, -0.1) is 0 Å². The minimum absolute atomic E-state index is 0.142. The minimum atomic E-state index is -0.481. The summed E-state index contributed by atoms with van der Waals surface area (Å²) in [4.78, 5) is 4.25. The molecule has 0 aliphatic heterocycles. The van der Waals surface area contributed by atoms with Crippen molar-refractivity contribution in [2.45, 2.75) is 0 Å². The zero-order valence-electron chi connectivity index (χ0n) is 13.5. The molecule has 0 saturated heterocycles. The predicted octanol–water partition coefficient (Wildman–Crippen LogP) is 4.63. The lowest BCUT2D eigenvalue weighted by Crippen LogP contribution is -1.88. The molecule has 0 amide bonds. The van der Waals surface area contributed by atoms with E-state index in [1.807, 2.05) is 12.1 Å². The van der Waals surface area contributed by atoms with Gasteiger partial charge < -0.3 is 14.0 Å². The molecule has 0 bridgehead atoms. The van der Waals surface area contributed by atoms with Crippen LogP contribution in [0.15, 0.2) is 47.0 Å². The smallest absolute Gasteiger partial charge is 0.269 e. The average Bonchev–Trinajstić information content (AvgIpc) is 3.12. The van der Waals surface area contributed by atoms with E-state index in [9.17, 15) is 4.39 Å². The maximum atomic E-state index is 13.7. The van der Waals surface area contributed by atoms with Crippen molar-refractivity contribution in [3.8, 4) is 22.9 Å². The van der Waals surface area contributed by atoms with Crippen molar-refractivity contribution in [3.05, 3.63) is 59.7 Å². The van der Waals surface area contributed by atoms with Crippen LogP contribution in [0.2, 0.25) is 0 Å². The summed E-state index contributed by atoms with van der Waals surface area (Å²) in [6, 6.07) is 11.7. The molecular weight excluding hydrogens is 347 g/mol. The standard InChI is InChI=1S/C18H14ClFN2O3/c1-23-13-6-4-12(5-7-13)17-21-18(25-22-17)14(19)9-11-3-8-16(24-2)15(20)10-11/h3-10H,1-2H3/b14-9-. The first kappa shape index (κ1) is 17.0. The van der Waals surface area contributed by atoms with Gasteiger partial charge in [0.05, 0.1) is 14.2 Å². The summed E-state index contributed by atoms with van der Waals surface area (Å²) in [6.45, 7) is 0. The first-order chi connectivity index (χ1) is 12.1. The summed E-state index contributed by atoms with van der Waals surface area (Å²) >= 11 is 6.21. The highest BCUT2D eigenvalue weighted by Gasteiger charge is 2.12. The number of aromatic nitrogens is 2. The van der Waals surface area contributed by atoms with Crippen molar-refractivity contribution >= 4 is 22.7 Å². The van der Waals surface area contributed by atoms with Crippen LogP contribution in [0.4, 0.5) is 4.39 Å². The molecule has 1 aromatic heterocycles. The van der Waals surface area contributed by atoms with Crippen molar-refractivity contribution in [2.75, 3.05) is 14.2 Å². The van der Waals surface area contributed by atoms with Crippen LogP contribution in [-0.2, 0) is 0 Å². The molecule has 7 heteroatoms. The summed E-state index contributed by atoms with van der Waals surface area (Å²) in [7, 11) is 2.99. The number of rotatable bonds is 5. The molecule has 3 aromatic rings. The lowest BCUT2D eigenvalue weighted by atomic mass is 10.2. The second-order valence-corrected chi connectivity index (χ2v) is 5.45. The zero-order valence-corrected chi connectivity index (χ0v) is 14.2. The first-order valence-corrected chi connectivity index (χ1v) is 7.67. The van der Waals surface area contributed by atoms with Gasteiger partial charge >= 0.3 is 0 Å². The Hall–Kier alpha value is -2.86. The van der Waals surface area contributed by atoms with Crippen molar-refractivity contribution in [3.63, 3.8) is 0 Å². The Kier molecular flexibility index (Phi) is 5.00. The molecule has 128 valence electrons. The first-order valence-electron chi connectivity index (χ1n) is 7.30. The largest absolute Gasteiger partial charge is 0.497 e. The molecule has 0 N–H and O–H groups in total. The van der Waals surface area contributed by atoms with Gasteiger partial charge in [0.15, 0.2) is 11.6 Å². The third-order valence-corrected chi connectivity index (χ3v) is 3.72. The average molecular weight is 361 g/mol. The topological polar surface area (TPSA) is 57.4 Å². The van der Waals surface area contributed by atoms with Gasteiger partial charge in [-0.2, -0.15) is 4.98 Å². The molecule has 0 spiro atoms. The van der Waals surface area contributed by atoms with Crippen molar-refractivity contribution in [1.82, 2.24) is 10.1 Å². The van der Waals surface area contributed by atoms with Crippen LogP contribution in [0.1, 0.15) is 11.5 Å². The number of halogens is 2. The summed E-state index contributed by atoms with van der Waals surface area (Å²) in [5.74, 6) is 0.943. The molecule has 5 nitrogen and oxygen atoms in total. The van der Waals surface area contributed by atoms with Crippen molar-refractivity contribution in [2.24, 2.45) is 0 Å². The third-order valence-electron chi connectivity index (χ3n) is 3.45. The van der Waals surface area contributed by atoms with E-state index < -0.39 is 5.82 Å². The van der Waals surface area contributed by atoms with Crippen LogP contribution in [0.25, 0.3) is 22.5 Å². The number of ether oxygens (including phenoxy) is 2. The minimum Gasteiger partial charge on any atom is -0.497 e. The normalized spacial score (nSPS) is 11.4. The number of benzene rings is 2. The van der Waals surface area contributed by atoms with Crippen LogP contribution < -0.4 is 9.47 Å². The summed E-state index contributed by atoms with van der Waals surface area (Å²) in [5.41, 5.74) is 1.31. The van der Waals surface area contributed by atoms with E-state index in [0.29, 0.717) is 11.4 Å². The van der Waals surface area contributed by atoms with E-state index in [0.717, 1.165) is 11.3 Å². The molecule has 3 rings (SSSR count). The Labute approximate surface area is 148 Å². The molecule has 0 fully saturated rings. The molecule has 0 aliphatic carbocycles. The number of hydrogen-bond donors (Lipinski definition) is 0. The van der Waals surface area contributed by atoms with Crippen LogP contribution >= 0.6 is 11.6 Å². The SMILES string of the molecule is COc1ccc(-c2noc(/C(Cl)=C/c3ccc(OC)c(F)c3)n2)cc1. The Morgan fingerprint density at radius 3 is 2.52 bits per heavy atom. The Morgan fingerprint density at radius 1 is 1.12 bits per heavy atom. The van der Waals surface area contributed by atoms with E-state index in [2.05, 4.69) is 10.1 Å². The van der Waals surface area contributed by atoms with E-state index >= 15 is 0 Å². The summed E-state index contributed by atoms with van der Waals surface area (Å²) in [5, 5.41) is 4.11. The number of nitrogens with zero attached hydrogens (tertiary/aromatic N) is 2. The monoisotopic (exact) mass is 360 g/mol. The molecule has 1 heterocycles. The van der Waals surface area contributed by atoms with Gasteiger partial charge in [-0.25, -0.2) is 4.39 Å². The number of methoxy groups -OCH3 is 2. The van der Waals surface area contributed by atoms with E-state index in [1.54, 1.807) is 25.3 Å². The molecule has 0 atom stereocenters. The third kappa shape index (κ3) is 3.80. The van der Waals surface area contributed by atoms with Crippen molar-refractivity contribution in [1.29, 1.82) is 0 Å². The van der Waals surface area contributed by atoms with E-state index in [-0.39, 0.29) is 16.7 Å². The molecule has 25 heavy (non-hydrogen) atoms. The highest BCUT2D eigenvalue weighted by atomic mass is 35.5. The van der Waals surface area contributed by atoms with Gasteiger partial charge in [0.25, 0.3) is 5.89 Å². The maximum Gasteiger partial charge on any atom is 0.269 e. The number of hydrogen-bond acceptors (Lipinski definition) is 5. The highest BCUT2D eigenvalue weighted by Crippen LogP contribution is 2.26. The Morgan fingerprint density at radius 2 is 1.88 bits per heavy atom. The summed E-state index contributed by atoms with van der Waals surface area (Å²) in [6.07, 6.45) is 1.54. The summed E-state index contributed by atoms with van der Waals surface area (Å²) < 4.78 is 28.9. The van der Waals surface area contributed by atoms with Crippen LogP contribution in [0, 0.1) is 5.82 Å². The lowest BCUT2D eigenvalue weighted by Gasteiger charge is -2.02. The quantitative estimate of drug-likeness (QED) is 0.664.